The third kappa shape index (κ3) is 2.34. The topological polar surface area (TPSA) is 53.8 Å². The second kappa shape index (κ2) is 5.01. The number of hydrogen-bond acceptors (Lipinski definition) is 3. The first-order chi connectivity index (χ1) is 10.8. The highest BCUT2D eigenvalue weighted by Gasteiger charge is 2.49. The average molecular weight is 394 g/mol. The fourth-order valence-corrected chi connectivity index (χ4v) is 4.62. The van der Waals surface area contributed by atoms with Crippen LogP contribution < -0.4 is 0 Å². The normalized spacial score (nSPS) is 28.4. The molecule has 2 aliphatic rings. The molecule has 0 atom stereocenters. The van der Waals surface area contributed by atoms with Gasteiger partial charge in [0, 0.05) is 11.5 Å². The summed E-state index contributed by atoms with van der Waals surface area (Å²) in [7, 11) is 1.97. The largest absolute Gasteiger partial charge is 0.385 e. The van der Waals surface area contributed by atoms with Gasteiger partial charge in [-0.05, 0) is 67.1 Å². The van der Waals surface area contributed by atoms with Crippen molar-refractivity contribution in [1.29, 1.82) is 0 Å². The van der Waals surface area contributed by atoms with Crippen LogP contribution in [0.2, 0.25) is 0 Å². The van der Waals surface area contributed by atoms with Crippen molar-refractivity contribution in [2.45, 2.75) is 43.6 Å². The lowest BCUT2D eigenvalue weighted by Gasteiger charge is -2.46. The lowest BCUT2D eigenvalue weighted by Crippen LogP contribution is -2.43. The Morgan fingerprint density at radius 2 is 1.96 bits per heavy atom. The molecule has 4 rings (SSSR count). The highest BCUT2D eigenvalue weighted by atomic mass is 79.9. The number of aromatic nitrogens is 3. The van der Waals surface area contributed by atoms with Gasteiger partial charge < -0.3 is 9.67 Å². The van der Waals surface area contributed by atoms with Gasteiger partial charge in [-0.1, -0.05) is 28.9 Å². The standard InChI is InChI=1S/C17H20BrN3OS/c1-10-8-16(9-10,14-19-20-15(23)21(14)2)11-5-12(7-13(18)6-11)17(22)3-4-17/h5-7,10,22H,3-4,8-9H2,1-2H3,(H,20,23). The number of hydrogen-bond donors (Lipinski definition) is 2. The van der Waals surface area contributed by atoms with Gasteiger partial charge in [0.1, 0.15) is 5.82 Å². The lowest BCUT2D eigenvalue weighted by molar-refractivity contribution is 0.150. The van der Waals surface area contributed by atoms with Gasteiger partial charge in [0.25, 0.3) is 0 Å². The summed E-state index contributed by atoms with van der Waals surface area (Å²) in [5.74, 6) is 1.65. The Balaban J connectivity index is 1.87. The van der Waals surface area contributed by atoms with Crippen molar-refractivity contribution >= 4 is 28.1 Å². The van der Waals surface area contributed by atoms with Crippen molar-refractivity contribution in [3.05, 3.63) is 44.4 Å². The number of nitrogens with zero attached hydrogens (tertiary/aromatic N) is 2. The van der Waals surface area contributed by atoms with Crippen molar-refractivity contribution in [2.24, 2.45) is 13.0 Å². The summed E-state index contributed by atoms with van der Waals surface area (Å²) in [5, 5.41) is 18.0. The SMILES string of the molecule is CC1CC(c2cc(Br)cc(C3(O)CC3)c2)(c2n[nH]c(=S)n2C)C1. The van der Waals surface area contributed by atoms with E-state index in [-0.39, 0.29) is 5.41 Å². The maximum Gasteiger partial charge on any atom is 0.194 e. The molecule has 2 aliphatic carbocycles. The Morgan fingerprint density at radius 1 is 1.30 bits per heavy atom. The molecule has 0 spiro atoms. The Kier molecular flexibility index (Phi) is 3.38. The van der Waals surface area contributed by atoms with E-state index in [4.69, 9.17) is 12.2 Å². The van der Waals surface area contributed by atoms with Crippen LogP contribution in [-0.4, -0.2) is 19.9 Å². The third-order valence-electron chi connectivity index (χ3n) is 5.41. The van der Waals surface area contributed by atoms with E-state index in [1.54, 1.807) is 0 Å². The molecule has 1 aromatic heterocycles. The van der Waals surface area contributed by atoms with Crippen LogP contribution in [0.3, 0.4) is 0 Å². The van der Waals surface area contributed by atoms with Gasteiger partial charge in [0.2, 0.25) is 0 Å². The van der Waals surface area contributed by atoms with Crippen molar-refractivity contribution in [3.63, 3.8) is 0 Å². The fraction of sp³-hybridized carbons (Fsp3) is 0.529. The second-order valence-corrected chi connectivity index (χ2v) is 8.57. The van der Waals surface area contributed by atoms with E-state index in [9.17, 15) is 5.11 Å². The number of nitrogens with one attached hydrogen (secondary N) is 1. The van der Waals surface area contributed by atoms with Crippen LogP contribution in [-0.2, 0) is 18.1 Å². The predicted octanol–water partition coefficient (Wildman–Crippen LogP) is 3.94. The molecule has 0 radical (unpaired) electrons. The lowest BCUT2D eigenvalue weighted by atomic mass is 9.58. The summed E-state index contributed by atoms with van der Waals surface area (Å²) in [6, 6.07) is 6.37. The van der Waals surface area contributed by atoms with E-state index in [2.05, 4.69) is 45.2 Å². The summed E-state index contributed by atoms with van der Waals surface area (Å²) in [6.45, 7) is 2.27. The maximum atomic E-state index is 10.5. The molecule has 2 aromatic rings. The first kappa shape index (κ1) is 15.5. The van der Waals surface area contributed by atoms with E-state index in [1.165, 1.54) is 5.56 Å². The zero-order valence-corrected chi connectivity index (χ0v) is 15.7. The molecule has 122 valence electrons. The Bertz CT molecular complexity index is 831. The molecule has 23 heavy (non-hydrogen) atoms. The third-order valence-corrected chi connectivity index (χ3v) is 6.24. The number of benzene rings is 1. The summed E-state index contributed by atoms with van der Waals surface area (Å²) in [6.07, 6.45) is 3.79. The zero-order chi connectivity index (χ0) is 16.4. The number of rotatable bonds is 3. The van der Waals surface area contributed by atoms with Gasteiger partial charge >= 0.3 is 0 Å². The van der Waals surface area contributed by atoms with Gasteiger partial charge in [0.05, 0.1) is 11.0 Å². The van der Waals surface area contributed by atoms with E-state index in [1.807, 2.05) is 17.7 Å². The maximum absolute atomic E-state index is 10.5. The molecule has 6 heteroatoms. The molecule has 1 aromatic carbocycles. The zero-order valence-electron chi connectivity index (χ0n) is 13.3. The minimum absolute atomic E-state index is 0.120. The first-order valence-corrected chi connectivity index (χ1v) is 9.20. The Morgan fingerprint density at radius 3 is 2.48 bits per heavy atom. The van der Waals surface area contributed by atoms with Gasteiger partial charge in [-0.2, -0.15) is 5.10 Å². The van der Waals surface area contributed by atoms with Crippen LogP contribution >= 0.6 is 28.1 Å². The molecule has 2 saturated carbocycles. The highest BCUT2D eigenvalue weighted by molar-refractivity contribution is 9.10. The second-order valence-electron chi connectivity index (χ2n) is 7.27. The van der Waals surface area contributed by atoms with Crippen LogP contribution in [0.5, 0.6) is 0 Å². The Hall–Kier alpha value is -0.980. The van der Waals surface area contributed by atoms with E-state index in [0.717, 1.165) is 41.5 Å². The molecule has 0 amide bonds. The summed E-state index contributed by atoms with van der Waals surface area (Å²) in [5.41, 5.74) is 1.48. The molecule has 2 N–H and O–H groups in total. The fourth-order valence-electron chi connectivity index (χ4n) is 3.99. The minimum atomic E-state index is -0.633. The van der Waals surface area contributed by atoms with Gasteiger partial charge in [-0.3, -0.25) is 5.10 Å². The highest BCUT2D eigenvalue weighted by Crippen LogP contribution is 2.54. The van der Waals surface area contributed by atoms with Crippen LogP contribution in [0.1, 0.15) is 49.6 Å². The van der Waals surface area contributed by atoms with Crippen molar-refractivity contribution in [1.82, 2.24) is 14.8 Å². The van der Waals surface area contributed by atoms with Crippen LogP contribution in [0, 0.1) is 10.7 Å². The monoisotopic (exact) mass is 393 g/mol. The van der Waals surface area contributed by atoms with Crippen LogP contribution in [0.25, 0.3) is 0 Å². The van der Waals surface area contributed by atoms with E-state index in [0.29, 0.717) is 10.7 Å². The molecule has 1 heterocycles. The summed E-state index contributed by atoms with van der Waals surface area (Å²) >= 11 is 8.93. The number of halogens is 1. The van der Waals surface area contributed by atoms with Crippen molar-refractivity contribution in [3.8, 4) is 0 Å². The number of H-pyrrole nitrogens is 1. The van der Waals surface area contributed by atoms with Gasteiger partial charge in [0.15, 0.2) is 4.77 Å². The predicted molar refractivity (Wildman–Crippen MR) is 94.8 cm³/mol. The van der Waals surface area contributed by atoms with Crippen LogP contribution in [0.4, 0.5) is 0 Å². The van der Waals surface area contributed by atoms with Crippen molar-refractivity contribution in [2.75, 3.05) is 0 Å². The van der Waals surface area contributed by atoms with Crippen molar-refractivity contribution < 1.29 is 5.11 Å². The summed E-state index contributed by atoms with van der Waals surface area (Å²) in [4.78, 5) is 0. The van der Waals surface area contributed by atoms with Crippen LogP contribution in [0.15, 0.2) is 22.7 Å². The number of aliphatic hydroxyl groups is 1. The first-order valence-electron chi connectivity index (χ1n) is 8.00. The molecular weight excluding hydrogens is 374 g/mol. The smallest absolute Gasteiger partial charge is 0.194 e. The molecule has 0 bridgehead atoms. The van der Waals surface area contributed by atoms with E-state index < -0.39 is 5.60 Å². The quantitative estimate of drug-likeness (QED) is 0.776. The summed E-state index contributed by atoms with van der Waals surface area (Å²) < 4.78 is 3.64. The molecule has 0 saturated heterocycles. The molecular formula is C17H20BrN3OS. The molecule has 4 nitrogen and oxygen atoms in total. The molecule has 0 aliphatic heterocycles. The Labute approximate surface area is 149 Å². The van der Waals surface area contributed by atoms with E-state index >= 15 is 0 Å². The van der Waals surface area contributed by atoms with Gasteiger partial charge in [-0.25, -0.2) is 0 Å². The average Bonchev–Trinajstić information content (AvgIpc) is 3.14. The minimum Gasteiger partial charge on any atom is -0.385 e. The van der Waals surface area contributed by atoms with Gasteiger partial charge in [-0.15, -0.1) is 0 Å². The number of aromatic amines is 1. The molecule has 0 unspecified atom stereocenters. The molecule has 2 fully saturated rings.